The van der Waals surface area contributed by atoms with Crippen molar-refractivity contribution in [3.05, 3.63) is 0 Å². The van der Waals surface area contributed by atoms with Gasteiger partial charge in [-0.25, -0.2) is 0 Å². The minimum absolute atomic E-state index is 0.204. The highest BCUT2D eigenvalue weighted by molar-refractivity contribution is 7.86. The number of rotatable bonds is 3. The maximum atomic E-state index is 12.6. The third-order valence-electron chi connectivity index (χ3n) is 4.97. The van der Waals surface area contributed by atoms with Crippen molar-refractivity contribution < 1.29 is 13.2 Å². The van der Waals surface area contributed by atoms with Crippen LogP contribution in [0.3, 0.4) is 0 Å². The van der Waals surface area contributed by atoms with Crippen LogP contribution in [0, 0.1) is 5.92 Å². The molecule has 1 aliphatic carbocycles. The predicted molar refractivity (Wildman–Crippen MR) is 79.8 cm³/mol. The molecule has 120 valence electrons. The molecular weight excluding hydrogens is 290 g/mol. The van der Waals surface area contributed by atoms with E-state index in [2.05, 4.69) is 0 Å². The average Bonchev–Trinajstić information content (AvgIpc) is 2.46. The minimum Gasteiger partial charge on any atom is -0.340 e. The summed E-state index contributed by atoms with van der Waals surface area (Å²) in [6, 6.07) is 0. The van der Waals surface area contributed by atoms with Crippen molar-refractivity contribution in [2.75, 3.05) is 39.3 Å². The Balaban J connectivity index is 1.55. The normalized spacial score (nSPS) is 26.6. The van der Waals surface area contributed by atoms with Crippen LogP contribution in [0.2, 0.25) is 0 Å². The smallest absolute Gasteiger partial charge is 0.282 e. The largest absolute Gasteiger partial charge is 0.340 e. The Bertz CT molecular complexity index is 476. The molecule has 3 aliphatic rings. The molecule has 0 spiro atoms. The molecule has 0 aromatic rings. The molecule has 0 aromatic heterocycles. The van der Waals surface area contributed by atoms with Crippen molar-refractivity contribution in [3.8, 4) is 0 Å². The van der Waals surface area contributed by atoms with Crippen molar-refractivity contribution in [2.24, 2.45) is 5.92 Å². The standard InChI is InChI=1S/C14H25N3O3S/c18-14(13-5-4-6-13)15-9-11-17(12-10-15)21(19,20)16-7-2-1-3-8-16/h13H,1-12H2. The number of piperidine rings is 1. The fraction of sp³-hybridized carbons (Fsp3) is 0.929. The van der Waals surface area contributed by atoms with E-state index in [4.69, 9.17) is 0 Å². The van der Waals surface area contributed by atoms with Crippen LogP contribution in [-0.4, -0.2) is 67.1 Å². The molecule has 2 saturated heterocycles. The van der Waals surface area contributed by atoms with Crippen LogP contribution < -0.4 is 0 Å². The summed E-state index contributed by atoms with van der Waals surface area (Å²) in [7, 11) is -3.32. The summed E-state index contributed by atoms with van der Waals surface area (Å²) in [5, 5.41) is 0. The summed E-state index contributed by atoms with van der Waals surface area (Å²) in [5.74, 6) is 0.437. The van der Waals surface area contributed by atoms with Crippen molar-refractivity contribution >= 4 is 16.1 Å². The van der Waals surface area contributed by atoms with E-state index in [1.165, 1.54) is 0 Å². The van der Waals surface area contributed by atoms with E-state index in [1.54, 1.807) is 8.61 Å². The zero-order valence-corrected chi connectivity index (χ0v) is 13.4. The van der Waals surface area contributed by atoms with Crippen LogP contribution >= 0.6 is 0 Å². The summed E-state index contributed by atoms with van der Waals surface area (Å²) in [6.07, 6.45) is 6.20. The lowest BCUT2D eigenvalue weighted by atomic mass is 9.84. The molecule has 0 bridgehead atoms. The molecule has 0 atom stereocenters. The lowest BCUT2D eigenvalue weighted by Gasteiger charge is -2.39. The molecule has 3 rings (SSSR count). The maximum absolute atomic E-state index is 12.6. The van der Waals surface area contributed by atoms with Gasteiger partial charge in [-0.1, -0.05) is 12.8 Å². The van der Waals surface area contributed by atoms with Gasteiger partial charge in [-0.2, -0.15) is 17.0 Å². The van der Waals surface area contributed by atoms with Crippen LogP contribution in [0.5, 0.6) is 0 Å². The Hall–Kier alpha value is -0.660. The second kappa shape index (κ2) is 6.22. The fourth-order valence-corrected chi connectivity index (χ4v) is 4.98. The lowest BCUT2D eigenvalue weighted by molar-refractivity contribution is -0.139. The lowest BCUT2D eigenvalue weighted by Crippen LogP contribution is -2.56. The molecular formula is C14H25N3O3S. The monoisotopic (exact) mass is 315 g/mol. The summed E-state index contributed by atoms with van der Waals surface area (Å²) < 4.78 is 28.3. The van der Waals surface area contributed by atoms with E-state index in [1.807, 2.05) is 4.90 Å². The van der Waals surface area contributed by atoms with Gasteiger partial charge in [0.05, 0.1) is 0 Å². The number of carbonyl (C=O) groups excluding carboxylic acids is 1. The number of piperazine rings is 1. The number of carbonyl (C=O) groups is 1. The molecule has 3 fully saturated rings. The van der Waals surface area contributed by atoms with E-state index in [-0.39, 0.29) is 11.8 Å². The average molecular weight is 315 g/mol. The van der Waals surface area contributed by atoms with Crippen LogP contribution in [0.4, 0.5) is 0 Å². The molecule has 0 unspecified atom stereocenters. The van der Waals surface area contributed by atoms with Crippen LogP contribution in [0.1, 0.15) is 38.5 Å². The Morgan fingerprint density at radius 2 is 1.33 bits per heavy atom. The van der Waals surface area contributed by atoms with E-state index >= 15 is 0 Å². The van der Waals surface area contributed by atoms with Crippen LogP contribution in [-0.2, 0) is 15.0 Å². The Morgan fingerprint density at radius 1 is 0.762 bits per heavy atom. The van der Waals surface area contributed by atoms with Crippen LogP contribution in [0.15, 0.2) is 0 Å². The first kappa shape index (κ1) is 15.2. The predicted octanol–water partition coefficient (Wildman–Crippen LogP) is 0.661. The molecule has 1 amide bonds. The van der Waals surface area contributed by atoms with Crippen molar-refractivity contribution in [1.29, 1.82) is 0 Å². The topological polar surface area (TPSA) is 60.9 Å². The Labute approximate surface area is 127 Å². The van der Waals surface area contributed by atoms with Gasteiger partial charge in [-0.05, 0) is 25.7 Å². The van der Waals surface area contributed by atoms with E-state index in [9.17, 15) is 13.2 Å². The Morgan fingerprint density at radius 3 is 1.86 bits per heavy atom. The Kier molecular flexibility index (Phi) is 4.51. The highest BCUT2D eigenvalue weighted by Gasteiger charge is 2.36. The van der Waals surface area contributed by atoms with Gasteiger partial charge < -0.3 is 4.90 Å². The van der Waals surface area contributed by atoms with Gasteiger partial charge >= 0.3 is 0 Å². The molecule has 2 heterocycles. The molecule has 0 radical (unpaired) electrons. The minimum atomic E-state index is -3.32. The summed E-state index contributed by atoms with van der Waals surface area (Å²) >= 11 is 0. The zero-order valence-electron chi connectivity index (χ0n) is 12.5. The number of hydrogen-bond donors (Lipinski definition) is 0. The molecule has 1 saturated carbocycles. The van der Waals surface area contributed by atoms with Crippen molar-refractivity contribution in [1.82, 2.24) is 13.5 Å². The van der Waals surface area contributed by atoms with Crippen LogP contribution in [0.25, 0.3) is 0 Å². The molecule has 6 nitrogen and oxygen atoms in total. The maximum Gasteiger partial charge on any atom is 0.282 e. The highest BCUT2D eigenvalue weighted by Crippen LogP contribution is 2.29. The fourth-order valence-electron chi connectivity index (χ4n) is 3.31. The summed E-state index contributed by atoms with van der Waals surface area (Å²) in [5.41, 5.74) is 0. The zero-order chi connectivity index (χ0) is 14.9. The van der Waals surface area contributed by atoms with E-state index in [0.29, 0.717) is 39.3 Å². The molecule has 0 N–H and O–H groups in total. The first-order chi connectivity index (χ1) is 10.1. The van der Waals surface area contributed by atoms with Gasteiger partial charge in [0.1, 0.15) is 0 Å². The first-order valence-electron chi connectivity index (χ1n) is 8.13. The van der Waals surface area contributed by atoms with Gasteiger partial charge in [0.15, 0.2) is 0 Å². The third-order valence-corrected chi connectivity index (χ3v) is 7.01. The molecule has 2 aliphatic heterocycles. The van der Waals surface area contributed by atoms with Gasteiger partial charge in [0.2, 0.25) is 5.91 Å². The summed E-state index contributed by atoms with van der Waals surface area (Å²) in [4.78, 5) is 14.0. The SMILES string of the molecule is O=C(C1CCC1)N1CCN(S(=O)(=O)N2CCCCC2)CC1. The molecule has 21 heavy (non-hydrogen) atoms. The van der Waals surface area contributed by atoms with Gasteiger partial charge in [0, 0.05) is 45.2 Å². The number of amides is 1. The van der Waals surface area contributed by atoms with Gasteiger partial charge in [-0.3, -0.25) is 4.79 Å². The highest BCUT2D eigenvalue weighted by atomic mass is 32.2. The quantitative estimate of drug-likeness (QED) is 0.769. The second-order valence-electron chi connectivity index (χ2n) is 6.32. The number of nitrogens with zero attached hydrogens (tertiary/aromatic N) is 3. The first-order valence-corrected chi connectivity index (χ1v) is 9.53. The molecule has 7 heteroatoms. The molecule has 0 aromatic carbocycles. The summed E-state index contributed by atoms with van der Waals surface area (Å²) in [6.45, 7) is 3.26. The van der Waals surface area contributed by atoms with Crippen molar-refractivity contribution in [2.45, 2.75) is 38.5 Å². The van der Waals surface area contributed by atoms with Gasteiger partial charge in [-0.15, -0.1) is 0 Å². The van der Waals surface area contributed by atoms with Crippen molar-refractivity contribution in [3.63, 3.8) is 0 Å². The van der Waals surface area contributed by atoms with E-state index < -0.39 is 10.2 Å². The second-order valence-corrected chi connectivity index (χ2v) is 8.25. The van der Waals surface area contributed by atoms with E-state index in [0.717, 1.165) is 38.5 Å². The third kappa shape index (κ3) is 3.10. The number of hydrogen-bond acceptors (Lipinski definition) is 3. The van der Waals surface area contributed by atoms with Gasteiger partial charge in [0.25, 0.3) is 10.2 Å².